The Kier molecular flexibility index (Phi) is 4.45. The van der Waals surface area contributed by atoms with Gasteiger partial charge in [0.15, 0.2) is 9.84 Å². The second-order valence-electron chi connectivity index (χ2n) is 5.17. The molecule has 0 aliphatic carbocycles. The molecule has 0 aromatic rings. The van der Waals surface area contributed by atoms with Crippen LogP contribution in [0.2, 0.25) is 0 Å². The quantitative estimate of drug-likeness (QED) is 0.646. The maximum Gasteiger partial charge on any atom is 0.315 e. The lowest BCUT2D eigenvalue weighted by molar-refractivity contribution is 0.235. The van der Waals surface area contributed by atoms with Crippen molar-refractivity contribution in [3.63, 3.8) is 0 Å². The molecule has 0 aromatic heterocycles. The van der Waals surface area contributed by atoms with Crippen LogP contribution in [0, 0.1) is 5.92 Å². The van der Waals surface area contributed by atoms with Crippen LogP contribution in [0.15, 0.2) is 0 Å². The smallest absolute Gasteiger partial charge is 0.315 e. The SMILES string of the molecule is O=C(NCC1CCNC1)NC1CCCS(=O)(=O)C1. The fourth-order valence-electron chi connectivity index (χ4n) is 2.50. The average molecular weight is 275 g/mol. The fraction of sp³-hybridized carbons (Fsp3) is 0.909. The number of hydrogen-bond acceptors (Lipinski definition) is 4. The van der Waals surface area contributed by atoms with Gasteiger partial charge < -0.3 is 16.0 Å². The molecule has 18 heavy (non-hydrogen) atoms. The zero-order valence-electron chi connectivity index (χ0n) is 10.4. The van der Waals surface area contributed by atoms with Crippen molar-refractivity contribution < 1.29 is 13.2 Å². The molecule has 3 N–H and O–H groups in total. The van der Waals surface area contributed by atoms with Crippen molar-refractivity contribution in [3.05, 3.63) is 0 Å². The molecule has 2 rings (SSSR count). The highest BCUT2D eigenvalue weighted by Crippen LogP contribution is 2.11. The van der Waals surface area contributed by atoms with E-state index in [1.165, 1.54) is 0 Å². The molecule has 2 amide bonds. The first kappa shape index (κ1) is 13.6. The van der Waals surface area contributed by atoms with Gasteiger partial charge in [-0.1, -0.05) is 0 Å². The van der Waals surface area contributed by atoms with E-state index in [0.717, 1.165) is 25.9 Å². The van der Waals surface area contributed by atoms with Crippen molar-refractivity contribution in [1.82, 2.24) is 16.0 Å². The average Bonchev–Trinajstić information content (AvgIpc) is 2.77. The number of hydrogen-bond donors (Lipinski definition) is 3. The Morgan fingerprint density at radius 3 is 2.83 bits per heavy atom. The third-order valence-corrected chi connectivity index (χ3v) is 5.33. The summed E-state index contributed by atoms with van der Waals surface area (Å²) in [4.78, 5) is 11.6. The third kappa shape index (κ3) is 4.13. The third-order valence-electron chi connectivity index (χ3n) is 3.51. The van der Waals surface area contributed by atoms with Crippen molar-refractivity contribution in [2.45, 2.75) is 25.3 Å². The van der Waals surface area contributed by atoms with Gasteiger partial charge in [-0.25, -0.2) is 13.2 Å². The van der Waals surface area contributed by atoms with Gasteiger partial charge in [0.25, 0.3) is 0 Å². The summed E-state index contributed by atoms with van der Waals surface area (Å²) in [6.45, 7) is 2.60. The number of sulfone groups is 1. The summed E-state index contributed by atoms with van der Waals surface area (Å²) in [6, 6.07) is -0.477. The lowest BCUT2D eigenvalue weighted by Crippen LogP contribution is -2.48. The maximum atomic E-state index is 11.6. The molecule has 2 unspecified atom stereocenters. The summed E-state index contributed by atoms with van der Waals surface area (Å²) in [5, 5.41) is 8.80. The van der Waals surface area contributed by atoms with Gasteiger partial charge in [0.1, 0.15) is 0 Å². The van der Waals surface area contributed by atoms with E-state index in [4.69, 9.17) is 0 Å². The Balaban J connectivity index is 1.70. The largest absolute Gasteiger partial charge is 0.338 e. The Morgan fingerprint density at radius 2 is 2.17 bits per heavy atom. The van der Waals surface area contributed by atoms with Crippen molar-refractivity contribution >= 4 is 15.9 Å². The Hall–Kier alpha value is -0.820. The summed E-state index contributed by atoms with van der Waals surface area (Å²) in [5.41, 5.74) is 0. The number of carbonyl (C=O) groups is 1. The molecule has 2 fully saturated rings. The zero-order valence-corrected chi connectivity index (χ0v) is 11.3. The highest BCUT2D eigenvalue weighted by atomic mass is 32.2. The molecule has 2 aliphatic heterocycles. The summed E-state index contributed by atoms with van der Waals surface area (Å²) < 4.78 is 22.9. The zero-order chi connectivity index (χ0) is 13.0. The van der Waals surface area contributed by atoms with Gasteiger partial charge in [0.2, 0.25) is 0 Å². The highest BCUT2D eigenvalue weighted by Gasteiger charge is 2.26. The topological polar surface area (TPSA) is 87.3 Å². The molecule has 0 spiro atoms. The summed E-state index contributed by atoms with van der Waals surface area (Å²) in [5.74, 6) is 0.817. The molecule has 104 valence electrons. The number of nitrogens with one attached hydrogen (secondary N) is 3. The van der Waals surface area contributed by atoms with Gasteiger partial charge in [0, 0.05) is 12.6 Å². The van der Waals surface area contributed by atoms with Crippen LogP contribution in [-0.2, 0) is 9.84 Å². The van der Waals surface area contributed by atoms with Crippen molar-refractivity contribution in [1.29, 1.82) is 0 Å². The van der Waals surface area contributed by atoms with E-state index < -0.39 is 9.84 Å². The second-order valence-corrected chi connectivity index (χ2v) is 7.40. The molecule has 7 heteroatoms. The van der Waals surface area contributed by atoms with E-state index in [9.17, 15) is 13.2 Å². The predicted octanol–water partition coefficient (Wildman–Crippen LogP) is -0.528. The first-order valence-corrected chi connectivity index (χ1v) is 8.33. The molecule has 2 saturated heterocycles. The van der Waals surface area contributed by atoms with E-state index in [1.54, 1.807) is 0 Å². The van der Waals surface area contributed by atoms with Gasteiger partial charge in [-0.15, -0.1) is 0 Å². The molecule has 2 aliphatic rings. The number of carbonyl (C=O) groups excluding carboxylic acids is 1. The van der Waals surface area contributed by atoms with Gasteiger partial charge in [0.05, 0.1) is 11.5 Å². The summed E-state index contributed by atoms with van der Waals surface area (Å²) in [7, 11) is -2.96. The van der Waals surface area contributed by atoms with E-state index in [-0.39, 0.29) is 23.6 Å². The molecule has 0 radical (unpaired) electrons. The molecule has 6 nitrogen and oxygen atoms in total. The van der Waals surface area contributed by atoms with E-state index in [0.29, 0.717) is 18.9 Å². The number of urea groups is 1. The molecule has 2 atom stereocenters. The van der Waals surface area contributed by atoms with Crippen molar-refractivity contribution in [3.8, 4) is 0 Å². The van der Waals surface area contributed by atoms with Crippen LogP contribution in [0.5, 0.6) is 0 Å². The Labute approximate surface area is 108 Å². The van der Waals surface area contributed by atoms with E-state index >= 15 is 0 Å². The monoisotopic (exact) mass is 275 g/mol. The van der Waals surface area contributed by atoms with Crippen LogP contribution in [0.4, 0.5) is 4.79 Å². The normalized spacial score (nSPS) is 30.9. The van der Waals surface area contributed by atoms with Crippen LogP contribution in [0.1, 0.15) is 19.3 Å². The summed E-state index contributed by atoms with van der Waals surface area (Å²) >= 11 is 0. The van der Waals surface area contributed by atoms with E-state index in [1.807, 2.05) is 0 Å². The Morgan fingerprint density at radius 1 is 1.33 bits per heavy atom. The number of amides is 2. The van der Waals surface area contributed by atoms with Gasteiger partial charge in [-0.05, 0) is 38.3 Å². The number of rotatable bonds is 3. The minimum Gasteiger partial charge on any atom is -0.338 e. The molecule has 0 bridgehead atoms. The first-order valence-electron chi connectivity index (χ1n) is 6.51. The van der Waals surface area contributed by atoms with E-state index in [2.05, 4.69) is 16.0 Å². The Bertz CT molecular complexity index is 390. The van der Waals surface area contributed by atoms with Crippen LogP contribution in [-0.4, -0.2) is 51.6 Å². The minimum absolute atomic E-state index is 0.0748. The summed E-state index contributed by atoms with van der Waals surface area (Å²) in [6.07, 6.45) is 2.47. The molecule has 0 saturated carbocycles. The van der Waals surface area contributed by atoms with Crippen molar-refractivity contribution in [2.24, 2.45) is 5.92 Å². The molecule has 0 aromatic carbocycles. The van der Waals surface area contributed by atoms with Crippen LogP contribution in [0.25, 0.3) is 0 Å². The fourth-order valence-corrected chi connectivity index (χ4v) is 4.14. The highest BCUT2D eigenvalue weighted by molar-refractivity contribution is 7.91. The van der Waals surface area contributed by atoms with Crippen molar-refractivity contribution in [2.75, 3.05) is 31.1 Å². The lowest BCUT2D eigenvalue weighted by atomic mass is 10.1. The van der Waals surface area contributed by atoms with Gasteiger partial charge in [-0.3, -0.25) is 0 Å². The van der Waals surface area contributed by atoms with Gasteiger partial charge >= 0.3 is 6.03 Å². The molecule has 2 heterocycles. The standard InChI is InChI=1S/C11H21N3O3S/c15-11(13-7-9-3-4-12-6-9)14-10-2-1-5-18(16,17)8-10/h9-10,12H,1-8H2,(H2,13,14,15). The molecular weight excluding hydrogens is 254 g/mol. The predicted molar refractivity (Wildman–Crippen MR) is 69.2 cm³/mol. The first-order chi connectivity index (χ1) is 8.55. The lowest BCUT2D eigenvalue weighted by Gasteiger charge is -2.23. The van der Waals surface area contributed by atoms with Crippen LogP contribution >= 0.6 is 0 Å². The minimum atomic E-state index is -2.96. The second kappa shape index (κ2) is 5.88. The molecular formula is C11H21N3O3S. The van der Waals surface area contributed by atoms with Crippen LogP contribution < -0.4 is 16.0 Å². The van der Waals surface area contributed by atoms with Crippen LogP contribution in [0.3, 0.4) is 0 Å². The van der Waals surface area contributed by atoms with Gasteiger partial charge in [-0.2, -0.15) is 0 Å². The maximum absolute atomic E-state index is 11.6.